The third-order valence-corrected chi connectivity index (χ3v) is 4.93. The molecule has 0 spiro atoms. The van der Waals surface area contributed by atoms with Gasteiger partial charge in [0.2, 0.25) is 0 Å². The van der Waals surface area contributed by atoms with Crippen LogP contribution < -0.4 is 10.6 Å². The van der Waals surface area contributed by atoms with E-state index >= 15 is 0 Å². The molecule has 2 N–H and O–H groups in total. The summed E-state index contributed by atoms with van der Waals surface area (Å²) >= 11 is 0. The Morgan fingerprint density at radius 3 is 2.66 bits per heavy atom. The number of pyridine rings is 1. The van der Waals surface area contributed by atoms with Crippen molar-refractivity contribution in [1.82, 2.24) is 15.2 Å². The minimum atomic E-state index is -0.248. The van der Waals surface area contributed by atoms with Crippen LogP contribution in [-0.2, 0) is 11.2 Å². The van der Waals surface area contributed by atoms with Crippen molar-refractivity contribution in [2.45, 2.75) is 32.2 Å². The number of carbonyl (C=O) groups is 2. The molecule has 1 aliphatic rings. The molecule has 1 aromatic heterocycles. The molecule has 7 nitrogen and oxygen atoms in total. The molecule has 0 unspecified atom stereocenters. The van der Waals surface area contributed by atoms with E-state index in [4.69, 9.17) is 4.74 Å². The molecule has 0 atom stereocenters. The van der Waals surface area contributed by atoms with Crippen LogP contribution >= 0.6 is 0 Å². The number of piperidine rings is 1. The lowest BCUT2D eigenvalue weighted by atomic mass is 10.1. The monoisotopic (exact) mass is 396 g/mol. The number of anilines is 1. The van der Waals surface area contributed by atoms with E-state index < -0.39 is 0 Å². The number of likely N-dealkylation sites (tertiary alicyclic amines) is 1. The number of nitrogens with zero attached hydrogens (tertiary/aromatic N) is 2. The highest BCUT2D eigenvalue weighted by Gasteiger charge is 2.23. The molecule has 2 heterocycles. The van der Waals surface area contributed by atoms with E-state index in [1.807, 2.05) is 43.3 Å². The maximum Gasteiger partial charge on any atom is 0.409 e. The summed E-state index contributed by atoms with van der Waals surface area (Å²) in [6, 6.07) is 12.1. The highest BCUT2D eigenvalue weighted by molar-refractivity contribution is 5.94. The molecule has 1 saturated heterocycles. The first kappa shape index (κ1) is 20.6. The van der Waals surface area contributed by atoms with Crippen molar-refractivity contribution in [1.29, 1.82) is 0 Å². The van der Waals surface area contributed by atoms with Crippen LogP contribution in [0.25, 0.3) is 0 Å². The fourth-order valence-electron chi connectivity index (χ4n) is 3.37. The summed E-state index contributed by atoms with van der Waals surface area (Å²) in [5.74, 6) is -0.130. The molecule has 1 aliphatic heterocycles. The summed E-state index contributed by atoms with van der Waals surface area (Å²) in [5.41, 5.74) is 2.54. The fraction of sp³-hybridized carbons (Fsp3) is 0.409. The Balaban J connectivity index is 1.47. The minimum Gasteiger partial charge on any atom is -0.450 e. The number of aromatic nitrogens is 1. The van der Waals surface area contributed by atoms with Gasteiger partial charge in [-0.3, -0.25) is 9.78 Å². The van der Waals surface area contributed by atoms with E-state index in [-0.39, 0.29) is 18.0 Å². The molecule has 29 heavy (non-hydrogen) atoms. The van der Waals surface area contributed by atoms with Crippen LogP contribution in [0.5, 0.6) is 0 Å². The first-order valence-electron chi connectivity index (χ1n) is 10.1. The molecular formula is C22H28N4O3. The van der Waals surface area contributed by atoms with E-state index in [0.717, 1.165) is 24.9 Å². The number of hydrogen-bond acceptors (Lipinski definition) is 5. The number of rotatable bonds is 7. The molecule has 1 fully saturated rings. The van der Waals surface area contributed by atoms with Gasteiger partial charge >= 0.3 is 6.09 Å². The molecule has 0 radical (unpaired) electrons. The van der Waals surface area contributed by atoms with E-state index in [2.05, 4.69) is 15.6 Å². The molecule has 1 aromatic carbocycles. The largest absolute Gasteiger partial charge is 0.450 e. The van der Waals surface area contributed by atoms with Gasteiger partial charge in [0.25, 0.3) is 5.91 Å². The van der Waals surface area contributed by atoms with E-state index in [9.17, 15) is 9.59 Å². The second-order valence-corrected chi connectivity index (χ2v) is 7.06. The number of nitrogens with one attached hydrogen (secondary N) is 2. The molecular weight excluding hydrogens is 368 g/mol. The van der Waals surface area contributed by atoms with Gasteiger partial charge in [-0.25, -0.2) is 4.79 Å². The standard InChI is InChI=1S/C22H28N4O3/c1-2-29-22(28)26-12-9-19(10-13-26)25-20-14-18(15-23-16-20)21(27)24-11-8-17-6-4-3-5-7-17/h3-7,14-16,19,25H,2,8-13H2,1H3,(H,24,27). The van der Waals surface area contributed by atoms with E-state index in [1.165, 1.54) is 5.56 Å². The zero-order chi connectivity index (χ0) is 20.5. The number of hydrogen-bond donors (Lipinski definition) is 2. The summed E-state index contributed by atoms with van der Waals surface area (Å²) in [6.07, 6.45) is 5.49. The van der Waals surface area contributed by atoms with Crippen LogP contribution in [0, 0.1) is 0 Å². The number of benzene rings is 1. The average Bonchev–Trinajstić information content (AvgIpc) is 2.75. The zero-order valence-electron chi connectivity index (χ0n) is 16.8. The van der Waals surface area contributed by atoms with Crippen LogP contribution in [-0.4, -0.2) is 54.2 Å². The normalized spacial score (nSPS) is 14.3. The van der Waals surface area contributed by atoms with Gasteiger partial charge in [0.15, 0.2) is 0 Å². The fourth-order valence-corrected chi connectivity index (χ4v) is 3.37. The van der Waals surface area contributed by atoms with E-state index in [0.29, 0.717) is 31.8 Å². The first-order valence-corrected chi connectivity index (χ1v) is 10.1. The maximum atomic E-state index is 12.4. The minimum absolute atomic E-state index is 0.130. The van der Waals surface area contributed by atoms with Gasteiger partial charge in [-0.2, -0.15) is 0 Å². The van der Waals surface area contributed by atoms with Crippen molar-refractivity contribution >= 4 is 17.7 Å². The molecule has 2 amide bonds. The van der Waals surface area contributed by atoms with Gasteiger partial charge in [-0.1, -0.05) is 30.3 Å². The van der Waals surface area contributed by atoms with Crippen molar-refractivity contribution in [3.8, 4) is 0 Å². The highest BCUT2D eigenvalue weighted by Crippen LogP contribution is 2.17. The van der Waals surface area contributed by atoms with Gasteiger partial charge in [0.1, 0.15) is 0 Å². The second-order valence-electron chi connectivity index (χ2n) is 7.06. The number of ether oxygens (including phenoxy) is 1. The van der Waals surface area contributed by atoms with Crippen LogP contribution in [0.15, 0.2) is 48.8 Å². The number of amides is 2. The van der Waals surface area contributed by atoms with Crippen molar-refractivity contribution < 1.29 is 14.3 Å². The summed E-state index contributed by atoms with van der Waals surface area (Å²) in [4.78, 5) is 30.1. The third kappa shape index (κ3) is 6.20. The zero-order valence-corrected chi connectivity index (χ0v) is 16.8. The first-order chi connectivity index (χ1) is 14.2. The van der Waals surface area contributed by atoms with Gasteiger partial charge in [0, 0.05) is 38.1 Å². The predicted octanol–water partition coefficient (Wildman–Crippen LogP) is 3.09. The Bertz CT molecular complexity index is 805. The second kappa shape index (κ2) is 10.5. The van der Waals surface area contributed by atoms with Crippen LogP contribution in [0.3, 0.4) is 0 Å². The van der Waals surface area contributed by atoms with Crippen LogP contribution in [0.1, 0.15) is 35.7 Å². The predicted molar refractivity (Wildman–Crippen MR) is 112 cm³/mol. The topological polar surface area (TPSA) is 83.6 Å². The van der Waals surface area contributed by atoms with Crippen LogP contribution in [0.4, 0.5) is 10.5 Å². The van der Waals surface area contributed by atoms with Crippen molar-refractivity contribution in [3.63, 3.8) is 0 Å². The SMILES string of the molecule is CCOC(=O)N1CCC(Nc2cncc(C(=O)NCCc3ccccc3)c2)CC1. The quantitative estimate of drug-likeness (QED) is 0.751. The Kier molecular flexibility index (Phi) is 7.44. The van der Waals surface area contributed by atoms with Gasteiger partial charge < -0.3 is 20.3 Å². The Morgan fingerprint density at radius 1 is 1.17 bits per heavy atom. The smallest absolute Gasteiger partial charge is 0.409 e. The summed E-state index contributed by atoms with van der Waals surface area (Å²) in [5, 5.41) is 6.37. The Morgan fingerprint density at radius 2 is 1.93 bits per heavy atom. The van der Waals surface area contributed by atoms with Crippen molar-refractivity contribution in [3.05, 3.63) is 59.9 Å². The molecule has 2 aromatic rings. The molecule has 0 aliphatic carbocycles. The maximum absolute atomic E-state index is 12.4. The molecule has 0 saturated carbocycles. The van der Waals surface area contributed by atoms with Crippen molar-refractivity contribution in [2.24, 2.45) is 0 Å². The van der Waals surface area contributed by atoms with Gasteiger partial charge in [-0.15, -0.1) is 0 Å². The van der Waals surface area contributed by atoms with E-state index in [1.54, 1.807) is 17.3 Å². The van der Waals surface area contributed by atoms with Gasteiger partial charge in [-0.05, 0) is 37.8 Å². The lowest BCUT2D eigenvalue weighted by Gasteiger charge is -2.32. The summed E-state index contributed by atoms with van der Waals surface area (Å²) < 4.78 is 5.05. The molecule has 0 bridgehead atoms. The van der Waals surface area contributed by atoms with Crippen LogP contribution in [0.2, 0.25) is 0 Å². The lowest BCUT2D eigenvalue weighted by Crippen LogP contribution is -2.42. The summed E-state index contributed by atoms with van der Waals surface area (Å²) in [7, 11) is 0. The average molecular weight is 396 g/mol. The summed E-state index contributed by atoms with van der Waals surface area (Å²) in [6.45, 7) is 4.09. The Hall–Kier alpha value is -3.09. The highest BCUT2D eigenvalue weighted by atomic mass is 16.6. The van der Waals surface area contributed by atoms with Crippen molar-refractivity contribution in [2.75, 3.05) is 31.6 Å². The molecule has 7 heteroatoms. The Labute approximate surface area is 171 Å². The molecule has 154 valence electrons. The number of carbonyl (C=O) groups excluding carboxylic acids is 2. The lowest BCUT2D eigenvalue weighted by molar-refractivity contribution is 0.0951. The molecule has 3 rings (SSSR count). The third-order valence-electron chi connectivity index (χ3n) is 4.93. The van der Waals surface area contributed by atoms with Gasteiger partial charge in [0.05, 0.1) is 17.9 Å².